The van der Waals surface area contributed by atoms with Gasteiger partial charge in [-0.15, -0.1) is 0 Å². The van der Waals surface area contributed by atoms with Gasteiger partial charge < -0.3 is 5.32 Å². The minimum absolute atomic E-state index is 0.260. The third-order valence-electron chi connectivity index (χ3n) is 2.04. The maximum Gasteiger partial charge on any atom is 0.258 e. The summed E-state index contributed by atoms with van der Waals surface area (Å²) in [6.07, 6.45) is 2.99. The van der Waals surface area contributed by atoms with Crippen molar-refractivity contribution < 1.29 is 4.79 Å². The van der Waals surface area contributed by atoms with Gasteiger partial charge in [-0.1, -0.05) is 29.8 Å². The first-order chi connectivity index (χ1) is 7.77. The predicted molar refractivity (Wildman–Crippen MR) is 63.6 cm³/mol. The van der Waals surface area contributed by atoms with E-state index in [9.17, 15) is 4.79 Å². The Balaban J connectivity index is 2.19. The van der Waals surface area contributed by atoms with Crippen LogP contribution in [0.1, 0.15) is 10.4 Å². The average molecular weight is 233 g/mol. The summed E-state index contributed by atoms with van der Waals surface area (Å²) >= 11 is 5.88. The number of nitrogens with zero attached hydrogens (tertiary/aromatic N) is 1. The minimum atomic E-state index is -0.260. The fourth-order valence-electron chi connectivity index (χ4n) is 1.26. The summed E-state index contributed by atoms with van der Waals surface area (Å²) in [6.45, 7) is 0. The second-order valence-corrected chi connectivity index (χ2v) is 3.58. The van der Waals surface area contributed by atoms with E-state index in [0.29, 0.717) is 10.6 Å². The number of anilines is 1. The molecule has 0 aliphatic rings. The number of carbonyl (C=O) groups is 1. The van der Waals surface area contributed by atoms with Crippen LogP contribution < -0.4 is 5.32 Å². The van der Waals surface area contributed by atoms with Crippen LogP contribution >= 0.6 is 11.6 Å². The van der Waals surface area contributed by atoms with Crippen molar-refractivity contribution in [3.8, 4) is 0 Å². The summed E-state index contributed by atoms with van der Waals surface area (Å²) < 4.78 is 0. The van der Waals surface area contributed by atoms with Gasteiger partial charge in [0, 0.05) is 18.1 Å². The molecular weight excluding hydrogens is 224 g/mol. The Morgan fingerprint density at radius 3 is 2.62 bits per heavy atom. The molecule has 0 saturated heterocycles. The van der Waals surface area contributed by atoms with Gasteiger partial charge in [0.15, 0.2) is 0 Å². The number of aromatic nitrogens is 1. The first kappa shape index (κ1) is 10.6. The first-order valence-electron chi connectivity index (χ1n) is 4.73. The zero-order chi connectivity index (χ0) is 11.4. The van der Waals surface area contributed by atoms with E-state index in [1.807, 2.05) is 30.3 Å². The Labute approximate surface area is 98.1 Å². The number of nitrogens with one attached hydrogen (secondary N) is 1. The topological polar surface area (TPSA) is 42.0 Å². The summed E-state index contributed by atoms with van der Waals surface area (Å²) in [4.78, 5) is 15.7. The molecule has 0 saturated carbocycles. The van der Waals surface area contributed by atoms with Crippen molar-refractivity contribution in [3.05, 3.63) is 59.4 Å². The van der Waals surface area contributed by atoms with Crippen LogP contribution in [0.5, 0.6) is 0 Å². The van der Waals surface area contributed by atoms with E-state index in [-0.39, 0.29) is 5.91 Å². The number of para-hydroxylation sites is 1. The molecule has 1 N–H and O–H groups in total. The molecule has 4 heteroatoms. The first-order valence-corrected chi connectivity index (χ1v) is 5.11. The molecule has 1 aromatic heterocycles. The Kier molecular flexibility index (Phi) is 3.17. The quantitative estimate of drug-likeness (QED) is 0.865. The van der Waals surface area contributed by atoms with Crippen molar-refractivity contribution >= 4 is 23.2 Å². The van der Waals surface area contributed by atoms with E-state index in [1.54, 1.807) is 12.3 Å². The molecule has 1 aromatic carbocycles. The Morgan fingerprint density at radius 1 is 1.19 bits per heavy atom. The third kappa shape index (κ3) is 2.38. The van der Waals surface area contributed by atoms with E-state index < -0.39 is 0 Å². The van der Waals surface area contributed by atoms with Crippen LogP contribution in [0.3, 0.4) is 0 Å². The molecule has 0 bridgehead atoms. The fraction of sp³-hybridized carbons (Fsp3) is 0. The van der Waals surface area contributed by atoms with Crippen LogP contribution in [0.2, 0.25) is 5.02 Å². The van der Waals surface area contributed by atoms with E-state index in [0.717, 1.165) is 5.69 Å². The molecule has 2 aromatic rings. The molecule has 1 heterocycles. The summed E-state index contributed by atoms with van der Waals surface area (Å²) in [6, 6.07) is 10.8. The lowest BCUT2D eigenvalue weighted by Crippen LogP contribution is -2.12. The second-order valence-electron chi connectivity index (χ2n) is 3.18. The number of rotatable bonds is 2. The van der Waals surface area contributed by atoms with Crippen molar-refractivity contribution in [2.45, 2.75) is 0 Å². The molecule has 2 rings (SSSR count). The summed E-state index contributed by atoms with van der Waals surface area (Å²) in [5.41, 5.74) is 1.10. The van der Waals surface area contributed by atoms with Crippen molar-refractivity contribution in [1.29, 1.82) is 0 Å². The van der Waals surface area contributed by atoms with Crippen molar-refractivity contribution in [2.24, 2.45) is 0 Å². The van der Waals surface area contributed by atoms with Gasteiger partial charge in [0.1, 0.15) is 0 Å². The zero-order valence-corrected chi connectivity index (χ0v) is 9.11. The summed E-state index contributed by atoms with van der Waals surface area (Å²) in [7, 11) is 0. The van der Waals surface area contributed by atoms with Gasteiger partial charge in [0.2, 0.25) is 0 Å². The highest BCUT2D eigenvalue weighted by Crippen LogP contribution is 2.15. The van der Waals surface area contributed by atoms with Gasteiger partial charge in [0.25, 0.3) is 5.91 Å². The van der Waals surface area contributed by atoms with Crippen LogP contribution in [0.4, 0.5) is 5.69 Å². The Hall–Kier alpha value is -1.87. The highest BCUT2D eigenvalue weighted by molar-refractivity contribution is 6.34. The summed E-state index contributed by atoms with van der Waals surface area (Å²) in [5, 5.41) is 3.13. The lowest BCUT2D eigenvalue weighted by Gasteiger charge is -2.05. The molecule has 3 nitrogen and oxygen atoms in total. The van der Waals surface area contributed by atoms with E-state index >= 15 is 0 Å². The van der Waals surface area contributed by atoms with Gasteiger partial charge >= 0.3 is 0 Å². The van der Waals surface area contributed by atoms with E-state index in [1.165, 1.54) is 6.20 Å². The molecule has 16 heavy (non-hydrogen) atoms. The highest BCUT2D eigenvalue weighted by atomic mass is 35.5. The SMILES string of the molecule is O=C(Nc1ccccc1)c1cnccc1Cl. The lowest BCUT2D eigenvalue weighted by molar-refractivity contribution is 0.102. The molecule has 0 fully saturated rings. The molecule has 0 aliphatic carbocycles. The fourth-order valence-corrected chi connectivity index (χ4v) is 1.46. The van der Waals surface area contributed by atoms with Gasteiger partial charge in [-0.25, -0.2) is 0 Å². The molecule has 0 radical (unpaired) electrons. The highest BCUT2D eigenvalue weighted by Gasteiger charge is 2.09. The van der Waals surface area contributed by atoms with Crippen LogP contribution in [-0.2, 0) is 0 Å². The average Bonchev–Trinajstić information content (AvgIpc) is 2.31. The van der Waals surface area contributed by atoms with E-state index in [4.69, 9.17) is 11.6 Å². The van der Waals surface area contributed by atoms with Crippen molar-refractivity contribution in [1.82, 2.24) is 4.98 Å². The molecule has 0 aliphatic heterocycles. The maximum absolute atomic E-state index is 11.8. The number of pyridine rings is 1. The van der Waals surface area contributed by atoms with E-state index in [2.05, 4.69) is 10.3 Å². The molecule has 0 unspecified atom stereocenters. The molecule has 0 atom stereocenters. The monoisotopic (exact) mass is 232 g/mol. The van der Waals surface area contributed by atoms with Crippen molar-refractivity contribution in [3.63, 3.8) is 0 Å². The zero-order valence-electron chi connectivity index (χ0n) is 8.35. The van der Waals surface area contributed by atoms with Gasteiger partial charge in [-0.3, -0.25) is 9.78 Å². The third-order valence-corrected chi connectivity index (χ3v) is 2.37. The number of hydrogen-bond donors (Lipinski definition) is 1. The number of halogens is 1. The van der Waals surface area contributed by atoms with Crippen LogP contribution in [0.25, 0.3) is 0 Å². The molecular formula is C12H9ClN2O. The number of carbonyl (C=O) groups excluding carboxylic acids is 1. The number of amides is 1. The Bertz CT molecular complexity index is 499. The van der Waals surface area contributed by atoms with Gasteiger partial charge in [-0.05, 0) is 18.2 Å². The minimum Gasteiger partial charge on any atom is -0.322 e. The maximum atomic E-state index is 11.8. The van der Waals surface area contributed by atoms with Crippen molar-refractivity contribution in [2.75, 3.05) is 5.32 Å². The summed E-state index contributed by atoms with van der Waals surface area (Å²) in [5.74, 6) is -0.260. The molecule has 0 spiro atoms. The van der Waals surface area contributed by atoms with Crippen LogP contribution in [0.15, 0.2) is 48.8 Å². The molecule has 1 amide bonds. The number of hydrogen-bond acceptors (Lipinski definition) is 2. The molecule has 80 valence electrons. The van der Waals surface area contributed by atoms with Crippen LogP contribution in [0, 0.1) is 0 Å². The number of benzene rings is 1. The normalized spacial score (nSPS) is 9.81. The standard InChI is InChI=1S/C12H9ClN2O/c13-11-6-7-14-8-10(11)12(16)15-9-4-2-1-3-5-9/h1-8H,(H,15,16). The Morgan fingerprint density at radius 2 is 1.94 bits per heavy atom. The van der Waals surface area contributed by atoms with Gasteiger partial charge in [0.05, 0.1) is 10.6 Å². The smallest absolute Gasteiger partial charge is 0.258 e. The largest absolute Gasteiger partial charge is 0.322 e. The predicted octanol–water partition coefficient (Wildman–Crippen LogP) is 2.99. The second kappa shape index (κ2) is 4.77. The lowest BCUT2D eigenvalue weighted by atomic mass is 10.2. The van der Waals surface area contributed by atoms with Gasteiger partial charge in [-0.2, -0.15) is 0 Å². The van der Waals surface area contributed by atoms with Crippen LogP contribution in [-0.4, -0.2) is 10.9 Å².